The first-order valence-corrected chi connectivity index (χ1v) is 38.1. The van der Waals surface area contributed by atoms with Gasteiger partial charge in [-0.25, -0.2) is 62.3 Å². The molecule has 0 saturated carbocycles. The molecule has 0 bridgehead atoms. The Bertz CT molecular complexity index is 5880. The molecule has 6 aromatic heterocycles. The van der Waals surface area contributed by atoms with Crippen LogP contribution < -0.4 is 70.7 Å². The number of fused-ring (bicyclic) bond motifs is 12. The molecule has 3 spiro atoms. The van der Waals surface area contributed by atoms with E-state index in [0.29, 0.717) is 34.6 Å². The van der Waals surface area contributed by atoms with Crippen LogP contribution in [0.3, 0.4) is 0 Å². The summed E-state index contributed by atoms with van der Waals surface area (Å²) in [5, 5.41) is 22.3. The summed E-state index contributed by atoms with van der Waals surface area (Å²) in [6.07, 6.45) is 1.06. The second kappa shape index (κ2) is 32.4. The topological polar surface area (TPSA) is 455 Å². The van der Waals surface area contributed by atoms with E-state index in [2.05, 4.69) is 88.4 Å². The highest BCUT2D eigenvalue weighted by Gasteiger charge is 2.55. The highest BCUT2D eigenvalue weighted by molar-refractivity contribution is 9.10. The van der Waals surface area contributed by atoms with Crippen molar-refractivity contribution in [3.8, 4) is 0 Å². The van der Waals surface area contributed by atoms with E-state index in [0.717, 1.165) is 16.5 Å². The Morgan fingerprint density at radius 2 is 0.798 bits per heavy atom. The van der Waals surface area contributed by atoms with Crippen LogP contribution in [0.4, 0.5) is 78.6 Å². The molecule has 0 fully saturated rings. The van der Waals surface area contributed by atoms with Crippen LogP contribution in [0.25, 0.3) is 0 Å². The smallest absolute Gasteiger partial charge is 0.413 e. The van der Waals surface area contributed by atoms with Crippen LogP contribution in [0, 0.1) is 17.5 Å². The zero-order chi connectivity index (χ0) is 86.7. The van der Waals surface area contributed by atoms with Gasteiger partial charge in [0.1, 0.15) is 122 Å². The van der Waals surface area contributed by atoms with Gasteiger partial charge in [-0.05, 0) is 170 Å². The average molecular weight is 1760 g/mol. The number of benzene rings is 3. The molecule has 35 nitrogen and oxygen atoms in total. The van der Waals surface area contributed by atoms with Crippen molar-refractivity contribution in [2.24, 2.45) is 0 Å². The number of rotatable bonds is 6. The molecule has 6 aliphatic heterocycles. The number of nitrogens with zero attached hydrogens (tertiary/aromatic N) is 11. The molecule has 42 heteroatoms. The van der Waals surface area contributed by atoms with Gasteiger partial charge in [-0.3, -0.25) is 62.9 Å². The number of nitrogens with one attached hydrogen (secondary N) is 8. The van der Waals surface area contributed by atoms with Gasteiger partial charge < -0.3 is 62.3 Å². The van der Waals surface area contributed by atoms with Gasteiger partial charge >= 0.3 is 24.4 Å². The Kier molecular flexibility index (Phi) is 23.4. The maximum atomic E-state index is 14.7. The summed E-state index contributed by atoms with van der Waals surface area (Å²) in [4.78, 5) is 155. The summed E-state index contributed by atoms with van der Waals surface area (Å²) in [6, 6.07) is 20.5. The molecular formula is C77H78BrCl3F3N21O14. The van der Waals surface area contributed by atoms with Gasteiger partial charge in [0.15, 0.2) is 17.0 Å². The zero-order valence-electron chi connectivity index (χ0n) is 65.6. The molecule has 9 aromatic rings. The number of carbonyl (C=O) groups excluding carboxylic acids is 7. The molecular weight excluding hydrogens is 1690 g/mol. The fourth-order valence-corrected chi connectivity index (χ4v) is 15.2. The largest absolute Gasteiger partial charge is 0.444 e. The Balaban J connectivity index is 0.000000154. The number of halogens is 7. The van der Waals surface area contributed by atoms with Crippen molar-refractivity contribution in [1.29, 1.82) is 0 Å². The van der Waals surface area contributed by atoms with Crippen molar-refractivity contribution < 1.29 is 65.7 Å². The lowest BCUT2D eigenvalue weighted by Crippen LogP contribution is -2.59. The zero-order valence-corrected chi connectivity index (χ0v) is 69.4. The minimum Gasteiger partial charge on any atom is -0.444 e. The standard InChI is InChI=1S/C29H31ClFN7O6.C20H18BrClFN3O4.C19H15ClFN7O2.C9H14N4O2/c1-27(2,3)43-25(41)35-21-11-20(32-14-33-21)34-19-10-18(30)22-23(39)36-29(38(22)24(19)40)13-37(26(42)44-28(4,5)6)12-15-7-8-16(31)9-17(15)29;1-19(2,3)30-18(29)25-8-10-4-5-11(23)6-12(10)20(9-25)24-16(27)15-14(22)7-13(21)17(28)26(15)20;20-12-4-13(26-15-5-14(22)24-8-25-15)18(30)28-16(12)17(29)27-19(28)7-23-6-9-1-2-10(21)3-11(9)19;1-9(2,3)15-8(14)13-7-4-6(10)11-5-12-7/h7-11,14H,12-13H2,1-6H3,(H,36,39)(H2,32,33,34,35,41);4-7H,8-9H2,1-3H3,(H,24,27);1-5,8,23H,6-7H2,(H,27,29)(H3,22,24,25,26);4-5H,1-3H3,(H3,10,11,12,13,14). The van der Waals surface area contributed by atoms with Crippen molar-refractivity contribution in [2.45, 2.75) is 142 Å². The third kappa shape index (κ3) is 18.3. The molecule has 0 aliphatic carbocycles. The molecule has 15 rings (SSSR count). The lowest BCUT2D eigenvalue weighted by molar-refractivity contribution is 0.0115. The van der Waals surface area contributed by atoms with Crippen LogP contribution in [-0.4, -0.2) is 138 Å². The van der Waals surface area contributed by atoms with Gasteiger partial charge in [0.05, 0.1) is 32.6 Å². The quantitative estimate of drug-likeness (QED) is 0.0691. The molecule has 12 N–H and O–H groups in total. The highest BCUT2D eigenvalue weighted by Crippen LogP contribution is 2.44. The van der Waals surface area contributed by atoms with Crippen LogP contribution in [0.15, 0.2) is 129 Å². The number of nitrogens with two attached hydrogens (primary N) is 2. The van der Waals surface area contributed by atoms with E-state index >= 15 is 0 Å². The maximum Gasteiger partial charge on any atom is 0.413 e. The van der Waals surface area contributed by atoms with Crippen molar-refractivity contribution in [3.63, 3.8) is 0 Å². The Morgan fingerprint density at radius 1 is 0.454 bits per heavy atom. The number of ether oxygens (including phenoxy) is 4. The van der Waals surface area contributed by atoms with Crippen LogP contribution in [0.1, 0.15) is 148 Å². The fourth-order valence-electron chi connectivity index (χ4n) is 13.8. The van der Waals surface area contributed by atoms with Gasteiger partial charge in [0, 0.05) is 61.1 Å². The van der Waals surface area contributed by atoms with E-state index in [1.165, 1.54) is 117 Å². The first-order chi connectivity index (χ1) is 55.6. The normalized spacial score (nSPS) is 17.8. The van der Waals surface area contributed by atoms with E-state index in [1.807, 2.05) is 0 Å². The van der Waals surface area contributed by atoms with Crippen LogP contribution >= 0.6 is 50.7 Å². The lowest BCUT2D eigenvalue weighted by atomic mass is 9.89. The lowest BCUT2D eigenvalue weighted by Gasteiger charge is -2.42. The molecule has 624 valence electrons. The van der Waals surface area contributed by atoms with Gasteiger partial charge in [-0.1, -0.05) is 53.0 Å². The highest BCUT2D eigenvalue weighted by atomic mass is 79.9. The maximum absolute atomic E-state index is 14.7. The molecule has 119 heavy (non-hydrogen) atoms. The molecule has 3 unspecified atom stereocenters. The fraction of sp³-hybridized carbons (Fsp3) is 0.325. The predicted molar refractivity (Wildman–Crippen MR) is 434 cm³/mol. The van der Waals surface area contributed by atoms with E-state index in [9.17, 15) is 61.1 Å². The van der Waals surface area contributed by atoms with E-state index in [4.69, 9.17) is 65.2 Å². The van der Waals surface area contributed by atoms with Gasteiger partial charge in [-0.2, -0.15) is 0 Å². The number of anilines is 8. The monoisotopic (exact) mass is 1760 g/mol. The molecule has 7 amide bonds. The summed E-state index contributed by atoms with van der Waals surface area (Å²) in [5.74, 6) is -2.10. The summed E-state index contributed by atoms with van der Waals surface area (Å²) < 4.78 is 68.0. The number of hydrogen-bond donors (Lipinski definition) is 10. The van der Waals surface area contributed by atoms with Gasteiger partial charge in [0.2, 0.25) is 0 Å². The first kappa shape index (κ1) is 85.9. The van der Waals surface area contributed by atoms with Crippen LogP contribution in [-0.2, 0) is 55.6 Å². The first-order valence-electron chi connectivity index (χ1n) is 36.2. The Hall–Kier alpha value is -12.5. The molecule has 6 aliphatic rings. The van der Waals surface area contributed by atoms with Crippen molar-refractivity contribution >= 4 is 139 Å². The van der Waals surface area contributed by atoms with Gasteiger partial charge in [0.25, 0.3) is 34.4 Å². The predicted octanol–water partition coefficient (Wildman–Crippen LogP) is 11.0. The molecule has 0 saturated heterocycles. The van der Waals surface area contributed by atoms with Crippen molar-refractivity contribution in [3.05, 3.63) is 228 Å². The van der Waals surface area contributed by atoms with Crippen molar-refractivity contribution in [2.75, 3.05) is 52.4 Å². The number of amides is 7. The Labute approximate surface area is 698 Å². The molecule has 3 aromatic carbocycles. The number of hydrogen-bond acceptors (Lipinski definition) is 25. The second-order valence-corrected chi connectivity index (χ2v) is 33.8. The second-order valence-electron chi connectivity index (χ2n) is 31.7. The van der Waals surface area contributed by atoms with Gasteiger partial charge in [-0.15, -0.1) is 0 Å². The molecule has 3 atom stereocenters. The van der Waals surface area contributed by atoms with E-state index in [-0.39, 0.29) is 115 Å². The van der Waals surface area contributed by atoms with Crippen molar-refractivity contribution in [1.82, 2.24) is 74.7 Å². The molecule has 12 heterocycles. The minimum absolute atomic E-state index is 0.00771. The minimum atomic E-state index is -1.72. The molecule has 0 radical (unpaired) electrons. The average Bonchev–Trinajstić information content (AvgIpc) is 1.58. The third-order valence-corrected chi connectivity index (χ3v) is 19.5. The van der Waals surface area contributed by atoms with Crippen LogP contribution in [0.2, 0.25) is 15.1 Å². The SMILES string of the molecule is CC(C)(C)OC(=O)N1Cc2ccc(F)cc2C2(C1)NC(=O)c1c(Cl)cc(Br)c(=O)n12.CC(C)(C)OC(=O)Nc1cc(N)ncn1.CC(C)(C)OC(=O)Nc1cc(Nc2cc(Cl)c3n(c2=O)C2(CN(C(=O)OC(C)(C)C)Cc4ccc(F)cc42)NC3=O)ncn1.Nc1cc(Nc2cc(Cl)c3n(c2=O)C2(CNCc4ccc(F)cc42)NC3=O)ncn1. The number of aromatic nitrogens is 9. The summed E-state index contributed by atoms with van der Waals surface area (Å²) >= 11 is 22.4. The summed E-state index contributed by atoms with van der Waals surface area (Å²) in [5.41, 5.74) is 4.68. The van der Waals surface area contributed by atoms with Crippen LogP contribution in [0.5, 0.6) is 0 Å². The third-order valence-electron chi connectivity index (χ3n) is 18.1. The van der Waals surface area contributed by atoms with E-state index < -0.39 is 116 Å². The number of nitrogen functional groups attached to an aromatic ring is 2. The Morgan fingerprint density at radius 3 is 1.22 bits per heavy atom. The summed E-state index contributed by atoms with van der Waals surface area (Å²) in [6.45, 7) is 21.3. The number of carbonyl (C=O) groups is 7. The summed E-state index contributed by atoms with van der Waals surface area (Å²) in [7, 11) is 0. The number of pyridine rings is 3. The van der Waals surface area contributed by atoms with E-state index in [1.54, 1.807) is 89.2 Å².